The summed E-state index contributed by atoms with van der Waals surface area (Å²) in [6.07, 6.45) is 1.84. The standard InChI is InChI=1S/C11H13N3O/c12-11-6-7-14(13-11)8-9-15-10-4-2-1-3-5-10/h1-7H,8-9H2,(H2,12,13). The summed E-state index contributed by atoms with van der Waals surface area (Å²) in [6.45, 7) is 1.29. The number of aromatic nitrogens is 2. The minimum atomic E-state index is 0.537. The molecule has 4 nitrogen and oxygen atoms in total. The van der Waals surface area contributed by atoms with Gasteiger partial charge in [-0.15, -0.1) is 0 Å². The van der Waals surface area contributed by atoms with Gasteiger partial charge in [0, 0.05) is 6.20 Å². The molecule has 4 heteroatoms. The molecule has 0 atom stereocenters. The first-order valence-electron chi connectivity index (χ1n) is 4.81. The Kier molecular flexibility index (Phi) is 2.88. The first-order chi connectivity index (χ1) is 7.34. The average molecular weight is 203 g/mol. The van der Waals surface area contributed by atoms with Crippen LogP contribution in [0, 0.1) is 0 Å². The fourth-order valence-corrected chi connectivity index (χ4v) is 1.28. The van der Waals surface area contributed by atoms with Gasteiger partial charge in [0.2, 0.25) is 0 Å². The maximum Gasteiger partial charge on any atom is 0.145 e. The number of anilines is 1. The minimum absolute atomic E-state index is 0.537. The number of ether oxygens (including phenoxy) is 1. The monoisotopic (exact) mass is 203 g/mol. The molecule has 78 valence electrons. The summed E-state index contributed by atoms with van der Waals surface area (Å²) in [5.74, 6) is 1.41. The zero-order valence-electron chi connectivity index (χ0n) is 8.34. The van der Waals surface area contributed by atoms with Crippen molar-refractivity contribution in [2.45, 2.75) is 6.54 Å². The highest BCUT2D eigenvalue weighted by Crippen LogP contribution is 2.08. The van der Waals surface area contributed by atoms with Gasteiger partial charge in [-0.25, -0.2) is 0 Å². The van der Waals surface area contributed by atoms with Crippen LogP contribution in [-0.4, -0.2) is 16.4 Å². The van der Waals surface area contributed by atoms with E-state index in [1.54, 1.807) is 10.7 Å². The van der Waals surface area contributed by atoms with E-state index in [1.807, 2.05) is 36.5 Å². The van der Waals surface area contributed by atoms with Gasteiger partial charge in [0.15, 0.2) is 0 Å². The first-order valence-corrected chi connectivity index (χ1v) is 4.81. The van der Waals surface area contributed by atoms with Crippen molar-refractivity contribution >= 4 is 5.82 Å². The largest absolute Gasteiger partial charge is 0.492 e. The van der Waals surface area contributed by atoms with Crippen LogP contribution in [0.3, 0.4) is 0 Å². The molecule has 1 aromatic heterocycles. The molecule has 0 spiro atoms. The fourth-order valence-electron chi connectivity index (χ4n) is 1.28. The van der Waals surface area contributed by atoms with E-state index in [0.717, 1.165) is 5.75 Å². The van der Waals surface area contributed by atoms with Crippen molar-refractivity contribution in [1.82, 2.24) is 9.78 Å². The summed E-state index contributed by atoms with van der Waals surface area (Å²) < 4.78 is 7.28. The van der Waals surface area contributed by atoms with Crippen LogP contribution in [0.4, 0.5) is 5.82 Å². The number of rotatable bonds is 4. The van der Waals surface area contributed by atoms with Gasteiger partial charge in [-0.05, 0) is 18.2 Å². The molecule has 0 aliphatic rings. The van der Waals surface area contributed by atoms with Crippen LogP contribution in [0.15, 0.2) is 42.6 Å². The molecule has 0 radical (unpaired) electrons. The quantitative estimate of drug-likeness (QED) is 0.820. The molecule has 0 unspecified atom stereocenters. The molecular weight excluding hydrogens is 190 g/mol. The van der Waals surface area contributed by atoms with Crippen LogP contribution >= 0.6 is 0 Å². The lowest BCUT2D eigenvalue weighted by molar-refractivity contribution is 0.291. The van der Waals surface area contributed by atoms with E-state index in [-0.39, 0.29) is 0 Å². The van der Waals surface area contributed by atoms with Gasteiger partial charge in [-0.1, -0.05) is 18.2 Å². The minimum Gasteiger partial charge on any atom is -0.492 e. The maximum absolute atomic E-state index is 5.52. The summed E-state index contributed by atoms with van der Waals surface area (Å²) in [5.41, 5.74) is 5.49. The Morgan fingerprint density at radius 1 is 1.20 bits per heavy atom. The molecule has 0 saturated heterocycles. The van der Waals surface area contributed by atoms with E-state index >= 15 is 0 Å². The van der Waals surface area contributed by atoms with E-state index in [2.05, 4.69) is 5.10 Å². The molecule has 0 fully saturated rings. The second-order valence-electron chi connectivity index (χ2n) is 3.17. The molecule has 15 heavy (non-hydrogen) atoms. The third-order valence-electron chi connectivity index (χ3n) is 1.99. The topological polar surface area (TPSA) is 53.1 Å². The zero-order chi connectivity index (χ0) is 10.5. The summed E-state index contributed by atoms with van der Waals surface area (Å²) in [5, 5.41) is 4.06. The van der Waals surface area contributed by atoms with Crippen molar-refractivity contribution in [2.24, 2.45) is 0 Å². The van der Waals surface area contributed by atoms with Crippen LogP contribution in [0.25, 0.3) is 0 Å². The Hall–Kier alpha value is -1.97. The molecule has 1 aromatic carbocycles. The Morgan fingerprint density at radius 2 is 2.00 bits per heavy atom. The predicted octanol–water partition coefficient (Wildman–Crippen LogP) is 1.54. The van der Waals surface area contributed by atoms with Crippen molar-refractivity contribution in [2.75, 3.05) is 12.3 Å². The highest BCUT2D eigenvalue weighted by Gasteiger charge is 1.95. The summed E-state index contributed by atoms with van der Waals surface area (Å²) in [6, 6.07) is 11.5. The molecule has 0 aliphatic heterocycles. The van der Waals surface area contributed by atoms with Crippen LogP contribution in [-0.2, 0) is 6.54 Å². The van der Waals surface area contributed by atoms with Gasteiger partial charge in [-0.3, -0.25) is 4.68 Å². The second-order valence-corrected chi connectivity index (χ2v) is 3.17. The predicted molar refractivity (Wildman–Crippen MR) is 58.6 cm³/mol. The number of hydrogen-bond acceptors (Lipinski definition) is 3. The molecule has 1 heterocycles. The number of hydrogen-bond donors (Lipinski definition) is 1. The summed E-state index contributed by atoms with van der Waals surface area (Å²) in [7, 11) is 0. The second kappa shape index (κ2) is 4.50. The van der Waals surface area contributed by atoms with Gasteiger partial charge < -0.3 is 10.5 Å². The Bertz CT molecular complexity index is 411. The van der Waals surface area contributed by atoms with Crippen LogP contribution < -0.4 is 10.5 Å². The lowest BCUT2D eigenvalue weighted by atomic mass is 10.3. The Labute approximate surface area is 88.3 Å². The zero-order valence-corrected chi connectivity index (χ0v) is 8.34. The van der Waals surface area contributed by atoms with E-state index in [4.69, 9.17) is 10.5 Å². The van der Waals surface area contributed by atoms with Crippen LogP contribution in [0.2, 0.25) is 0 Å². The first kappa shape index (κ1) is 9.58. The van der Waals surface area contributed by atoms with Gasteiger partial charge in [0.05, 0.1) is 6.54 Å². The molecule has 2 N–H and O–H groups in total. The molecule has 0 amide bonds. The number of nitrogens with zero attached hydrogens (tertiary/aromatic N) is 2. The number of nitrogens with two attached hydrogens (primary N) is 1. The van der Waals surface area contributed by atoms with E-state index in [9.17, 15) is 0 Å². The molecule has 2 rings (SSSR count). The summed E-state index contributed by atoms with van der Waals surface area (Å²) in [4.78, 5) is 0. The van der Waals surface area contributed by atoms with Crippen molar-refractivity contribution in [3.05, 3.63) is 42.6 Å². The van der Waals surface area contributed by atoms with E-state index in [0.29, 0.717) is 19.0 Å². The van der Waals surface area contributed by atoms with Crippen molar-refractivity contribution < 1.29 is 4.74 Å². The van der Waals surface area contributed by atoms with Gasteiger partial charge in [0.25, 0.3) is 0 Å². The van der Waals surface area contributed by atoms with Crippen molar-refractivity contribution in [3.8, 4) is 5.75 Å². The molecule has 0 saturated carbocycles. The van der Waals surface area contributed by atoms with Crippen molar-refractivity contribution in [3.63, 3.8) is 0 Å². The maximum atomic E-state index is 5.52. The normalized spacial score (nSPS) is 10.1. The molecule has 2 aromatic rings. The number of nitrogen functional groups attached to an aromatic ring is 1. The molecule has 0 aliphatic carbocycles. The molecule has 0 bridgehead atoms. The highest BCUT2D eigenvalue weighted by molar-refractivity contribution is 5.23. The Morgan fingerprint density at radius 3 is 2.67 bits per heavy atom. The Balaban J connectivity index is 1.80. The fraction of sp³-hybridized carbons (Fsp3) is 0.182. The van der Waals surface area contributed by atoms with E-state index < -0.39 is 0 Å². The SMILES string of the molecule is Nc1ccn(CCOc2ccccc2)n1. The third kappa shape index (κ3) is 2.74. The highest BCUT2D eigenvalue weighted by atomic mass is 16.5. The van der Waals surface area contributed by atoms with Gasteiger partial charge >= 0.3 is 0 Å². The van der Waals surface area contributed by atoms with Crippen LogP contribution in [0.5, 0.6) is 5.75 Å². The average Bonchev–Trinajstić information content (AvgIpc) is 2.66. The van der Waals surface area contributed by atoms with Gasteiger partial charge in [-0.2, -0.15) is 5.10 Å². The smallest absolute Gasteiger partial charge is 0.145 e. The lowest BCUT2D eigenvalue weighted by Crippen LogP contribution is -2.08. The number of benzene rings is 1. The lowest BCUT2D eigenvalue weighted by Gasteiger charge is -2.05. The third-order valence-corrected chi connectivity index (χ3v) is 1.99. The van der Waals surface area contributed by atoms with E-state index in [1.165, 1.54) is 0 Å². The van der Waals surface area contributed by atoms with Gasteiger partial charge in [0.1, 0.15) is 18.2 Å². The molecular formula is C11H13N3O. The van der Waals surface area contributed by atoms with Crippen LogP contribution in [0.1, 0.15) is 0 Å². The summed E-state index contributed by atoms with van der Waals surface area (Å²) >= 11 is 0. The van der Waals surface area contributed by atoms with Crippen molar-refractivity contribution in [1.29, 1.82) is 0 Å². The number of para-hydroxylation sites is 1.